The van der Waals surface area contributed by atoms with Gasteiger partial charge >= 0.3 is 0 Å². The Bertz CT molecular complexity index is 372. The van der Waals surface area contributed by atoms with E-state index in [9.17, 15) is 5.11 Å². The Morgan fingerprint density at radius 3 is 2.71 bits per heavy atom. The van der Waals surface area contributed by atoms with Crippen LogP contribution in [-0.2, 0) is 16.0 Å². The number of methoxy groups -OCH3 is 1. The van der Waals surface area contributed by atoms with Crippen molar-refractivity contribution in [1.82, 2.24) is 10.3 Å². The second kappa shape index (κ2) is 10.5. The summed E-state index contributed by atoms with van der Waals surface area (Å²) in [5.41, 5.74) is 0.960. The highest BCUT2D eigenvalue weighted by Crippen LogP contribution is 2.09. The number of pyridine rings is 1. The van der Waals surface area contributed by atoms with E-state index in [1.54, 1.807) is 13.3 Å². The maximum atomic E-state index is 9.78. The van der Waals surface area contributed by atoms with Gasteiger partial charge in [0.25, 0.3) is 0 Å². The van der Waals surface area contributed by atoms with Gasteiger partial charge in [-0.05, 0) is 25.6 Å². The van der Waals surface area contributed by atoms with Gasteiger partial charge in [0.1, 0.15) is 18.5 Å². The molecule has 1 heterocycles. The first-order valence-corrected chi connectivity index (χ1v) is 7.22. The normalized spacial score (nSPS) is 13.9. The van der Waals surface area contributed by atoms with Crippen molar-refractivity contribution in [2.45, 2.75) is 32.6 Å². The van der Waals surface area contributed by atoms with Gasteiger partial charge in [-0.2, -0.15) is 0 Å². The SMILES string of the molecule is CCNCc1ccc(OCC(O)COC(C)COC)cn1. The Labute approximate surface area is 126 Å². The fourth-order valence-corrected chi connectivity index (χ4v) is 1.65. The average molecular weight is 298 g/mol. The topological polar surface area (TPSA) is 72.8 Å². The van der Waals surface area contributed by atoms with Gasteiger partial charge in [-0.3, -0.25) is 4.98 Å². The number of rotatable bonds is 11. The van der Waals surface area contributed by atoms with Gasteiger partial charge < -0.3 is 24.6 Å². The predicted molar refractivity (Wildman–Crippen MR) is 80.4 cm³/mol. The summed E-state index contributed by atoms with van der Waals surface area (Å²) >= 11 is 0. The van der Waals surface area contributed by atoms with Gasteiger partial charge in [0.05, 0.1) is 31.2 Å². The molecule has 0 radical (unpaired) electrons. The summed E-state index contributed by atoms with van der Waals surface area (Å²) in [5, 5.41) is 13.0. The van der Waals surface area contributed by atoms with E-state index in [-0.39, 0.29) is 19.3 Å². The minimum Gasteiger partial charge on any atom is -0.489 e. The summed E-state index contributed by atoms with van der Waals surface area (Å²) in [7, 11) is 1.62. The number of hydrogen-bond acceptors (Lipinski definition) is 6. The zero-order valence-electron chi connectivity index (χ0n) is 13.0. The highest BCUT2D eigenvalue weighted by Gasteiger charge is 2.09. The number of aromatic nitrogens is 1. The Balaban J connectivity index is 2.24. The lowest BCUT2D eigenvalue weighted by Gasteiger charge is -2.16. The van der Waals surface area contributed by atoms with E-state index in [0.29, 0.717) is 12.4 Å². The van der Waals surface area contributed by atoms with E-state index in [2.05, 4.69) is 17.2 Å². The second-order valence-electron chi connectivity index (χ2n) is 4.83. The van der Waals surface area contributed by atoms with Crippen LogP contribution in [0.15, 0.2) is 18.3 Å². The molecular weight excluding hydrogens is 272 g/mol. The summed E-state index contributed by atoms with van der Waals surface area (Å²) in [5.74, 6) is 0.638. The van der Waals surface area contributed by atoms with Crippen molar-refractivity contribution < 1.29 is 19.3 Å². The molecule has 0 saturated heterocycles. The molecule has 2 atom stereocenters. The molecule has 2 N–H and O–H groups in total. The van der Waals surface area contributed by atoms with Crippen LogP contribution in [0.25, 0.3) is 0 Å². The minimum atomic E-state index is -0.675. The van der Waals surface area contributed by atoms with E-state index in [4.69, 9.17) is 14.2 Å². The monoisotopic (exact) mass is 298 g/mol. The van der Waals surface area contributed by atoms with Crippen LogP contribution in [0.5, 0.6) is 5.75 Å². The fourth-order valence-electron chi connectivity index (χ4n) is 1.65. The second-order valence-corrected chi connectivity index (χ2v) is 4.83. The number of nitrogens with one attached hydrogen (secondary N) is 1. The van der Waals surface area contributed by atoms with E-state index >= 15 is 0 Å². The van der Waals surface area contributed by atoms with Crippen LogP contribution in [0.2, 0.25) is 0 Å². The van der Waals surface area contributed by atoms with E-state index in [1.165, 1.54) is 0 Å². The molecule has 0 aromatic carbocycles. The molecule has 0 spiro atoms. The molecule has 1 aromatic heterocycles. The highest BCUT2D eigenvalue weighted by molar-refractivity contribution is 5.19. The van der Waals surface area contributed by atoms with Crippen LogP contribution in [0.1, 0.15) is 19.5 Å². The maximum Gasteiger partial charge on any atom is 0.137 e. The maximum absolute atomic E-state index is 9.78. The average Bonchev–Trinajstić information content (AvgIpc) is 2.50. The minimum absolute atomic E-state index is 0.0448. The largest absolute Gasteiger partial charge is 0.489 e. The van der Waals surface area contributed by atoms with Crippen molar-refractivity contribution in [3.63, 3.8) is 0 Å². The summed E-state index contributed by atoms with van der Waals surface area (Å²) in [6.07, 6.45) is 0.941. The molecule has 21 heavy (non-hydrogen) atoms. The first-order chi connectivity index (χ1) is 10.2. The quantitative estimate of drug-likeness (QED) is 0.634. The van der Waals surface area contributed by atoms with Crippen molar-refractivity contribution in [1.29, 1.82) is 0 Å². The number of aliphatic hydroxyl groups excluding tert-OH is 1. The number of aliphatic hydroxyl groups is 1. The number of nitrogens with zero attached hydrogens (tertiary/aromatic N) is 1. The van der Waals surface area contributed by atoms with Crippen LogP contribution in [0.4, 0.5) is 0 Å². The van der Waals surface area contributed by atoms with E-state index in [1.807, 2.05) is 19.1 Å². The standard InChI is InChI=1S/C15H26N2O4/c1-4-16-7-13-5-6-15(8-17-13)21-11-14(18)10-20-12(2)9-19-3/h5-6,8,12,14,16,18H,4,7,9-11H2,1-3H3. The van der Waals surface area contributed by atoms with Crippen LogP contribution < -0.4 is 10.1 Å². The van der Waals surface area contributed by atoms with Crippen molar-refractivity contribution in [3.8, 4) is 5.75 Å². The first kappa shape index (κ1) is 17.8. The molecule has 1 rings (SSSR count). The molecule has 0 aliphatic carbocycles. The molecule has 0 saturated carbocycles. The Morgan fingerprint density at radius 2 is 2.10 bits per heavy atom. The Kier molecular flexibility index (Phi) is 8.93. The van der Waals surface area contributed by atoms with Crippen LogP contribution >= 0.6 is 0 Å². The molecule has 0 bridgehead atoms. The zero-order chi connectivity index (χ0) is 15.5. The van der Waals surface area contributed by atoms with Gasteiger partial charge in [-0.15, -0.1) is 0 Å². The van der Waals surface area contributed by atoms with Gasteiger partial charge in [0, 0.05) is 13.7 Å². The van der Waals surface area contributed by atoms with Crippen molar-refractivity contribution in [3.05, 3.63) is 24.0 Å². The lowest BCUT2D eigenvalue weighted by molar-refractivity contribution is -0.0423. The summed E-state index contributed by atoms with van der Waals surface area (Å²) in [6, 6.07) is 3.75. The summed E-state index contributed by atoms with van der Waals surface area (Å²) in [4.78, 5) is 4.28. The van der Waals surface area contributed by atoms with E-state index in [0.717, 1.165) is 18.8 Å². The zero-order valence-corrected chi connectivity index (χ0v) is 13.0. The lowest BCUT2D eigenvalue weighted by atomic mass is 10.3. The summed E-state index contributed by atoms with van der Waals surface area (Å²) < 4.78 is 15.8. The molecule has 2 unspecified atom stereocenters. The molecular formula is C15H26N2O4. The van der Waals surface area contributed by atoms with Crippen LogP contribution in [0.3, 0.4) is 0 Å². The fraction of sp³-hybridized carbons (Fsp3) is 0.667. The van der Waals surface area contributed by atoms with E-state index < -0.39 is 6.10 Å². The van der Waals surface area contributed by atoms with Gasteiger partial charge in [0.15, 0.2) is 0 Å². The van der Waals surface area contributed by atoms with Crippen LogP contribution in [0, 0.1) is 0 Å². The third-order valence-electron chi connectivity index (χ3n) is 2.77. The van der Waals surface area contributed by atoms with Gasteiger partial charge in [-0.25, -0.2) is 0 Å². The third kappa shape index (κ3) is 7.96. The predicted octanol–water partition coefficient (Wildman–Crippen LogP) is 0.982. The molecule has 0 aliphatic heterocycles. The van der Waals surface area contributed by atoms with Crippen molar-refractivity contribution in [2.75, 3.05) is 33.5 Å². The molecule has 0 aliphatic rings. The number of ether oxygens (including phenoxy) is 3. The molecule has 1 aromatic rings. The van der Waals surface area contributed by atoms with Crippen LogP contribution in [-0.4, -0.2) is 55.8 Å². The number of hydrogen-bond donors (Lipinski definition) is 2. The van der Waals surface area contributed by atoms with Gasteiger partial charge in [0.2, 0.25) is 0 Å². The molecule has 120 valence electrons. The highest BCUT2D eigenvalue weighted by atomic mass is 16.5. The molecule has 6 nitrogen and oxygen atoms in total. The molecule has 6 heteroatoms. The molecule has 0 fully saturated rings. The summed E-state index contributed by atoms with van der Waals surface area (Å²) in [6.45, 7) is 6.49. The Hall–Kier alpha value is -1.21. The third-order valence-corrected chi connectivity index (χ3v) is 2.77. The smallest absolute Gasteiger partial charge is 0.137 e. The first-order valence-electron chi connectivity index (χ1n) is 7.22. The van der Waals surface area contributed by atoms with Crippen molar-refractivity contribution in [2.24, 2.45) is 0 Å². The lowest BCUT2D eigenvalue weighted by Crippen LogP contribution is -2.27. The molecule has 0 amide bonds. The Morgan fingerprint density at radius 1 is 1.29 bits per heavy atom. The van der Waals surface area contributed by atoms with Gasteiger partial charge in [-0.1, -0.05) is 6.92 Å². The van der Waals surface area contributed by atoms with Crippen molar-refractivity contribution >= 4 is 0 Å².